The van der Waals surface area contributed by atoms with E-state index in [9.17, 15) is 14.9 Å². The van der Waals surface area contributed by atoms with Gasteiger partial charge in [-0.2, -0.15) is 5.10 Å². The summed E-state index contributed by atoms with van der Waals surface area (Å²) in [6, 6.07) is 14.9. The molecule has 1 atom stereocenters. The molecule has 3 aromatic rings. The number of carbonyl (C=O) groups excluding carboxylic acids is 1. The van der Waals surface area contributed by atoms with E-state index < -0.39 is 11.0 Å². The Bertz CT molecular complexity index is 865. The third kappa shape index (κ3) is 4.05. The van der Waals surface area contributed by atoms with E-state index in [-0.39, 0.29) is 18.0 Å². The molecule has 25 heavy (non-hydrogen) atoms. The maximum Gasteiger partial charge on any atom is 0.269 e. The molecule has 0 spiro atoms. The fourth-order valence-electron chi connectivity index (χ4n) is 2.49. The van der Waals surface area contributed by atoms with Crippen molar-refractivity contribution in [1.29, 1.82) is 0 Å². The number of nitrogens with zero attached hydrogens (tertiary/aromatic N) is 3. The topological polar surface area (TPSA) is 114 Å². The van der Waals surface area contributed by atoms with Gasteiger partial charge in [-0.1, -0.05) is 42.5 Å². The van der Waals surface area contributed by atoms with Crippen LogP contribution in [0.2, 0.25) is 0 Å². The highest BCUT2D eigenvalue weighted by Gasteiger charge is 2.20. The molecule has 0 saturated carbocycles. The van der Waals surface area contributed by atoms with Gasteiger partial charge in [-0.15, -0.1) is 0 Å². The van der Waals surface area contributed by atoms with Crippen LogP contribution in [0.4, 0.5) is 5.69 Å². The molecule has 0 fully saturated rings. The largest absolute Gasteiger partial charge is 0.342 e. The van der Waals surface area contributed by atoms with Crippen molar-refractivity contribution in [1.82, 2.24) is 20.5 Å². The number of amides is 1. The van der Waals surface area contributed by atoms with E-state index in [0.29, 0.717) is 11.4 Å². The van der Waals surface area contributed by atoms with Crippen LogP contribution >= 0.6 is 0 Å². The molecule has 1 amide bonds. The minimum Gasteiger partial charge on any atom is -0.342 e. The van der Waals surface area contributed by atoms with Crippen LogP contribution in [0.5, 0.6) is 0 Å². The first-order valence-electron chi connectivity index (χ1n) is 7.56. The molecule has 8 heteroatoms. The van der Waals surface area contributed by atoms with E-state index in [4.69, 9.17) is 0 Å². The van der Waals surface area contributed by atoms with Crippen LogP contribution in [0.25, 0.3) is 0 Å². The normalized spacial score (nSPS) is 11.7. The van der Waals surface area contributed by atoms with E-state index in [1.54, 1.807) is 12.1 Å². The van der Waals surface area contributed by atoms with Crippen LogP contribution in [0.3, 0.4) is 0 Å². The SMILES string of the molecule is O=C(Cc1cccc([N+](=O)[O-])c1)N[C@@H](c1ccccc1)c1ncn[nH]1. The fraction of sp³-hybridized carbons (Fsp3) is 0.118. The van der Waals surface area contributed by atoms with Gasteiger partial charge in [0.25, 0.3) is 5.69 Å². The fourth-order valence-corrected chi connectivity index (χ4v) is 2.49. The zero-order valence-corrected chi connectivity index (χ0v) is 13.1. The van der Waals surface area contributed by atoms with Gasteiger partial charge in [-0.05, 0) is 11.1 Å². The summed E-state index contributed by atoms with van der Waals surface area (Å²) in [5, 5.41) is 20.3. The smallest absolute Gasteiger partial charge is 0.269 e. The van der Waals surface area contributed by atoms with Gasteiger partial charge in [-0.25, -0.2) is 4.98 Å². The lowest BCUT2D eigenvalue weighted by Gasteiger charge is -2.17. The third-order valence-electron chi connectivity index (χ3n) is 3.63. The summed E-state index contributed by atoms with van der Waals surface area (Å²) in [6.45, 7) is 0. The zero-order valence-electron chi connectivity index (χ0n) is 13.1. The Labute approximate surface area is 143 Å². The number of hydrogen-bond donors (Lipinski definition) is 2. The summed E-state index contributed by atoms with van der Waals surface area (Å²) in [5.74, 6) is 0.240. The average molecular weight is 337 g/mol. The van der Waals surface area contributed by atoms with Crippen molar-refractivity contribution in [3.05, 3.63) is 88.0 Å². The minimum atomic E-state index is -0.483. The second kappa shape index (κ2) is 7.35. The van der Waals surface area contributed by atoms with E-state index in [1.807, 2.05) is 30.3 Å². The number of hydrogen-bond acceptors (Lipinski definition) is 5. The number of aromatic nitrogens is 3. The minimum absolute atomic E-state index is 0.0269. The zero-order chi connectivity index (χ0) is 17.6. The molecule has 0 aliphatic heterocycles. The van der Waals surface area contributed by atoms with Gasteiger partial charge in [0.05, 0.1) is 11.3 Å². The standard InChI is InChI=1S/C17H15N5O3/c23-15(10-12-5-4-8-14(9-12)22(24)25)20-16(17-18-11-19-21-17)13-6-2-1-3-7-13/h1-9,11,16H,10H2,(H,20,23)(H,18,19,21)/t16-/m0/s1. The number of H-pyrrole nitrogens is 1. The molecule has 2 aromatic carbocycles. The molecular weight excluding hydrogens is 322 g/mol. The first kappa shape index (κ1) is 16.3. The molecule has 126 valence electrons. The molecule has 0 aliphatic carbocycles. The summed E-state index contributed by atoms with van der Waals surface area (Å²) in [6.07, 6.45) is 1.40. The van der Waals surface area contributed by atoms with Crippen LogP contribution in [-0.4, -0.2) is 26.0 Å². The Hall–Kier alpha value is -3.55. The number of carbonyl (C=O) groups is 1. The molecule has 1 heterocycles. The van der Waals surface area contributed by atoms with Gasteiger partial charge in [0.2, 0.25) is 5.91 Å². The highest BCUT2D eigenvalue weighted by atomic mass is 16.6. The summed E-state index contributed by atoms with van der Waals surface area (Å²) in [4.78, 5) is 26.9. The van der Waals surface area contributed by atoms with Gasteiger partial charge >= 0.3 is 0 Å². The van der Waals surface area contributed by atoms with Crippen molar-refractivity contribution in [3.8, 4) is 0 Å². The Balaban J connectivity index is 1.77. The maximum atomic E-state index is 12.4. The Morgan fingerprint density at radius 1 is 1.20 bits per heavy atom. The van der Waals surface area contributed by atoms with Gasteiger partial charge in [0.15, 0.2) is 5.82 Å². The van der Waals surface area contributed by atoms with E-state index in [1.165, 1.54) is 18.5 Å². The van der Waals surface area contributed by atoms with Crippen LogP contribution in [0.15, 0.2) is 60.9 Å². The number of nitrogens with one attached hydrogen (secondary N) is 2. The van der Waals surface area contributed by atoms with E-state index in [0.717, 1.165) is 5.56 Å². The van der Waals surface area contributed by atoms with E-state index in [2.05, 4.69) is 20.5 Å². The van der Waals surface area contributed by atoms with Crippen LogP contribution in [0.1, 0.15) is 23.0 Å². The Kier molecular flexibility index (Phi) is 4.79. The van der Waals surface area contributed by atoms with Crippen molar-refractivity contribution in [2.45, 2.75) is 12.5 Å². The van der Waals surface area contributed by atoms with Crippen LogP contribution in [0, 0.1) is 10.1 Å². The van der Waals surface area contributed by atoms with Gasteiger partial charge < -0.3 is 5.32 Å². The second-order valence-corrected chi connectivity index (χ2v) is 5.39. The Morgan fingerprint density at radius 3 is 2.68 bits per heavy atom. The number of nitro groups is 1. The molecule has 0 radical (unpaired) electrons. The number of non-ortho nitro benzene ring substituents is 1. The first-order chi connectivity index (χ1) is 12.1. The molecule has 2 N–H and O–H groups in total. The highest BCUT2D eigenvalue weighted by molar-refractivity contribution is 5.79. The molecule has 0 bridgehead atoms. The van der Waals surface area contributed by atoms with Gasteiger partial charge in [0.1, 0.15) is 12.4 Å². The average Bonchev–Trinajstić information content (AvgIpc) is 3.15. The summed E-state index contributed by atoms with van der Waals surface area (Å²) < 4.78 is 0. The van der Waals surface area contributed by atoms with Gasteiger partial charge in [-0.3, -0.25) is 20.0 Å². The first-order valence-corrected chi connectivity index (χ1v) is 7.56. The monoisotopic (exact) mass is 337 g/mol. The van der Waals surface area contributed by atoms with Gasteiger partial charge in [0, 0.05) is 12.1 Å². The van der Waals surface area contributed by atoms with Crippen molar-refractivity contribution in [2.75, 3.05) is 0 Å². The van der Waals surface area contributed by atoms with E-state index >= 15 is 0 Å². The number of nitro benzene ring substituents is 1. The number of rotatable bonds is 6. The predicted molar refractivity (Wildman–Crippen MR) is 89.6 cm³/mol. The predicted octanol–water partition coefficient (Wildman–Crippen LogP) is 2.16. The summed E-state index contributed by atoms with van der Waals surface area (Å²) in [5.41, 5.74) is 1.38. The number of benzene rings is 2. The van der Waals surface area contributed by atoms with Crippen LogP contribution in [-0.2, 0) is 11.2 Å². The maximum absolute atomic E-state index is 12.4. The molecule has 0 saturated heterocycles. The molecule has 3 rings (SSSR count). The second-order valence-electron chi connectivity index (χ2n) is 5.39. The van der Waals surface area contributed by atoms with Crippen LogP contribution < -0.4 is 5.32 Å². The van der Waals surface area contributed by atoms with Crippen molar-refractivity contribution in [3.63, 3.8) is 0 Å². The highest BCUT2D eigenvalue weighted by Crippen LogP contribution is 2.19. The quantitative estimate of drug-likeness (QED) is 0.528. The summed E-state index contributed by atoms with van der Waals surface area (Å²) >= 11 is 0. The van der Waals surface area contributed by atoms with Crippen molar-refractivity contribution < 1.29 is 9.72 Å². The molecule has 1 aromatic heterocycles. The molecule has 0 unspecified atom stereocenters. The Morgan fingerprint density at radius 2 is 2.00 bits per heavy atom. The lowest BCUT2D eigenvalue weighted by molar-refractivity contribution is -0.384. The molecule has 0 aliphatic rings. The molecular formula is C17H15N5O3. The van der Waals surface area contributed by atoms with Crippen molar-refractivity contribution in [2.24, 2.45) is 0 Å². The lowest BCUT2D eigenvalue weighted by Crippen LogP contribution is -2.31. The third-order valence-corrected chi connectivity index (χ3v) is 3.63. The van der Waals surface area contributed by atoms with Crippen molar-refractivity contribution >= 4 is 11.6 Å². The molecule has 8 nitrogen and oxygen atoms in total. The lowest BCUT2D eigenvalue weighted by atomic mass is 10.1. The summed E-state index contributed by atoms with van der Waals surface area (Å²) in [7, 11) is 0. The number of aromatic amines is 1.